The van der Waals surface area contributed by atoms with Gasteiger partial charge in [0.1, 0.15) is 0 Å². The molecule has 4 fully saturated rings. The predicted molar refractivity (Wildman–Crippen MR) is 94.5 cm³/mol. The lowest BCUT2D eigenvalue weighted by Gasteiger charge is -2.59. The van der Waals surface area contributed by atoms with Crippen molar-refractivity contribution in [2.75, 3.05) is 6.61 Å². The number of rotatable bonds is 8. The van der Waals surface area contributed by atoms with Gasteiger partial charge in [0.25, 0.3) is 0 Å². The van der Waals surface area contributed by atoms with Gasteiger partial charge >= 0.3 is 0 Å². The average Bonchev–Trinajstić information content (AvgIpc) is 3.35. The molecule has 4 saturated carbocycles. The lowest BCUT2D eigenvalue weighted by Crippen LogP contribution is -2.58. The second kappa shape index (κ2) is 6.39. The van der Waals surface area contributed by atoms with Gasteiger partial charge in [-0.15, -0.1) is 12.3 Å². The van der Waals surface area contributed by atoms with E-state index in [2.05, 4.69) is 21.5 Å². The number of hydrogen-bond donors (Lipinski definition) is 2. The van der Waals surface area contributed by atoms with E-state index in [0.29, 0.717) is 19.3 Å². The van der Waals surface area contributed by atoms with Gasteiger partial charge in [-0.1, -0.05) is 0 Å². The van der Waals surface area contributed by atoms with Gasteiger partial charge in [0.2, 0.25) is 5.91 Å². The highest BCUT2D eigenvalue weighted by atomic mass is 16.3. The van der Waals surface area contributed by atoms with Crippen molar-refractivity contribution in [2.45, 2.75) is 75.9 Å². The molecular formula is C20H29N3O2. The van der Waals surface area contributed by atoms with Gasteiger partial charge in [0.05, 0.1) is 12.6 Å². The van der Waals surface area contributed by atoms with Crippen molar-refractivity contribution < 1.29 is 9.90 Å². The predicted octanol–water partition coefficient (Wildman–Crippen LogP) is 3.04. The van der Waals surface area contributed by atoms with Crippen molar-refractivity contribution in [2.24, 2.45) is 33.4 Å². The fraction of sp³-hybridized carbons (Fsp3) is 0.850. The second-order valence-electron chi connectivity index (χ2n) is 8.97. The SMILES string of the molecule is C#CCCC1(CCC(=O)NC(CO)C23CC4CC(CC(C4)C2)C3)N=N1. The Morgan fingerprint density at radius 1 is 1.16 bits per heavy atom. The highest BCUT2D eigenvalue weighted by Crippen LogP contribution is 2.61. The number of nitrogens with zero attached hydrogens (tertiary/aromatic N) is 2. The molecule has 1 amide bonds. The third-order valence-electron chi connectivity index (χ3n) is 7.15. The molecule has 1 atom stereocenters. The molecule has 5 aliphatic rings. The molecule has 1 heterocycles. The van der Waals surface area contributed by atoms with Gasteiger partial charge in [-0.25, -0.2) is 0 Å². The van der Waals surface area contributed by atoms with Crippen LogP contribution in [-0.4, -0.2) is 29.3 Å². The number of aliphatic hydroxyl groups is 1. The molecule has 0 aromatic carbocycles. The molecule has 0 radical (unpaired) electrons. The van der Waals surface area contributed by atoms with Crippen molar-refractivity contribution in [1.82, 2.24) is 5.32 Å². The van der Waals surface area contributed by atoms with E-state index < -0.39 is 5.66 Å². The van der Waals surface area contributed by atoms with Crippen LogP contribution in [0, 0.1) is 35.5 Å². The zero-order valence-corrected chi connectivity index (χ0v) is 14.9. The summed E-state index contributed by atoms with van der Waals surface area (Å²) < 4.78 is 0. The summed E-state index contributed by atoms with van der Waals surface area (Å²) in [4.78, 5) is 12.5. The Labute approximate surface area is 150 Å². The van der Waals surface area contributed by atoms with Gasteiger partial charge in [-0.3, -0.25) is 4.79 Å². The molecule has 1 unspecified atom stereocenters. The molecule has 0 spiro atoms. The number of carbonyl (C=O) groups is 1. The van der Waals surface area contributed by atoms with E-state index in [0.717, 1.165) is 24.2 Å². The molecule has 25 heavy (non-hydrogen) atoms. The standard InChI is InChI=1S/C20H29N3O2/c1-2-3-5-20(22-23-20)6-4-18(25)21-17(13-24)19-10-14-7-15(11-19)9-16(8-14)12-19/h1,14-17,24H,3-13H2,(H,21,25). The Bertz CT molecular complexity index is 565. The summed E-state index contributed by atoms with van der Waals surface area (Å²) in [5, 5.41) is 21.4. The lowest BCUT2D eigenvalue weighted by atomic mass is 9.47. The van der Waals surface area contributed by atoms with Crippen LogP contribution in [0.15, 0.2) is 10.2 Å². The van der Waals surface area contributed by atoms with Crippen LogP contribution < -0.4 is 5.32 Å². The van der Waals surface area contributed by atoms with E-state index in [9.17, 15) is 9.90 Å². The molecule has 5 heteroatoms. The lowest BCUT2D eigenvalue weighted by molar-refractivity contribution is -0.128. The van der Waals surface area contributed by atoms with Gasteiger partial charge in [0.15, 0.2) is 5.66 Å². The van der Waals surface area contributed by atoms with E-state index >= 15 is 0 Å². The van der Waals surface area contributed by atoms with Crippen molar-refractivity contribution in [3.8, 4) is 12.3 Å². The Morgan fingerprint density at radius 2 is 1.76 bits per heavy atom. The Balaban J connectivity index is 1.33. The van der Waals surface area contributed by atoms with Crippen LogP contribution >= 0.6 is 0 Å². The minimum atomic E-state index is -0.404. The summed E-state index contributed by atoms with van der Waals surface area (Å²) in [5.74, 6) is 5.07. The highest BCUT2D eigenvalue weighted by molar-refractivity contribution is 5.76. The van der Waals surface area contributed by atoms with Crippen LogP contribution in [0.4, 0.5) is 0 Å². The topological polar surface area (TPSA) is 74.0 Å². The Hall–Kier alpha value is -1.41. The third kappa shape index (κ3) is 3.33. The zero-order valence-electron chi connectivity index (χ0n) is 14.9. The second-order valence-corrected chi connectivity index (χ2v) is 8.97. The smallest absolute Gasteiger partial charge is 0.220 e. The van der Waals surface area contributed by atoms with E-state index in [1.807, 2.05) is 0 Å². The maximum absolute atomic E-state index is 12.5. The third-order valence-corrected chi connectivity index (χ3v) is 7.15. The van der Waals surface area contributed by atoms with Crippen LogP contribution in [0.5, 0.6) is 0 Å². The summed E-state index contributed by atoms with van der Waals surface area (Å²) in [7, 11) is 0. The van der Waals surface area contributed by atoms with Crippen LogP contribution in [0.3, 0.4) is 0 Å². The number of carbonyl (C=O) groups excluding carboxylic acids is 1. The first-order valence-corrected chi connectivity index (χ1v) is 9.84. The molecule has 0 saturated heterocycles. The Kier molecular flexibility index (Phi) is 4.35. The van der Waals surface area contributed by atoms with Crippen molar-refractivity contribution in [3.63, 3.8) is 0 Å². The molecule has 4 bridgehead atoms. The first-order valence-electron chi connectivity index (χ1n) is 9.84. The number of amides is 1. The van der Waals surface area contributed by atoms with Crippen LogP contribution in [0.25, 0.3) is 0 Å². The van der Waals surface area contributed by atoms with Gasteiger partial charge in [-0.2, -0.15) is 10.2 Å². The van der Waals surface area contributed by atoms with Crippen LogP contribution in [0.2, 0.25) is 0 Å². The molecular weight excluding hydrogens is 314 g/mol. The molecule has 0 aromatic heterocycles. The van der Waals surface area contributed by atoms with E-state index in [1.54, 1.807) is 0 Å². The Morgan fingerprint density at radius 3 is 2.24 bits per heavy atom. The summed E-state index contributed by atoms with van der Waals surface area (Å²) in [5.41, 5.74) is -0.270. The van der Waals surface area contributed by atoms with E-state index in [-0.39, 0.29) is 24.0 Å². The number of hydrogen-bond acceptors (Lipinski definition) is 4. The monoisotopic (exact) mass is 343 g/mol. The number of nitrogens with one attached hydrogen (secondary N) is 1. The molecule has 5 nitrogen and oxygen atoms in total. The number of terminal acetylenes is 1. The van der Waals surface area contributed by atoms with E-state index in [4.69, 9.17) is 6.42 Å². The summed E-state index contributed by atoms with van der Waals surface area (Å²) in [6.45, 7) is 0.0505. The highest BCUT2D eigenvalue weighted by Gasteiger charge is 2.54. The largest absolute Gasteiger partial charge is 0.394 e. The van der Waals surface area contributed by atoms with Gasteiger partial charge in [-0.05, 0) is 61.7 Å². The first-order chi connectivity index (χ1) is 12.1. The fourth-order valence-corrected chi connectivity index (χ4v) is 6.25. The van der Waals surface area contributed by atoms with Crippen molar-refractivity contribution >= 4 is 5.91 Å². The zero-order chi connectivity index (χ0) is 17.5. The van der Waals surface area contributed by atoms with E-state index in [1.165, 1.54) is 38.5 Å². The summed E-state index contributed by atoms with van der Waals surface area (Å²) >= 11 is 0. The normalized spacial score (nSPS) is 37.5. The van der Waals surface area contributed by atoms with Gasteiger partial charge in [0, 0.05) is 25.7 Å². The maximum Gasteiger partial charge on any atom is 0.220 e. The summed E-state index contributed by atoms with van der Waals surface area (Å²) in [6, 6.07) is -0.0943. The van der Waals surface area contributed by atoms with Crippen molar-refractivity contribution in [1.29, 1.82) is 0 Å². The molecule has 4 aliphatic carbocycles. The minimum Gasteiger partial charge on any atom is -0.394 e. The maximum atomic E-state index is 12.5. The molecule has 136 valence electrons. The molecule has 0 aromatic rings. The van der Waals surface area contributed by atoms with Crippen LogP contribution in [0.1, 0.15) is 64.2 Å². The minimum absolute atomic E-state index is 0.0205. The summed E-state index contributed by atoms with van der Waals surface area (Å²) in [6.07, 6.45) is 15.4. The van der Waals surface area contributed by atoms with Crippen molar-refractivity contribution in [3.05, 3.63) is 0 Å². The molecule has 2 N–H and O–H groups in total. The van der Waals surface area contributed by atoms with Crippen LogP contribution in [-0.2, 0) is 4.79 Å². The fourth-order valence-electron chi connectivity index (χ4n) is 6.25. The molecule has 1 aliphatic heterocycles. The number of aliphatic hydroxyl groups excluding tert-OH is 1. The molecule has 5 rings (SSSR count). The van der Waals surface area contributed by atoms with Gasteiger partial charge < -0.3 is 10.4 Å². The first kappa shape index (κ1) is 17.0. The quantitative estimate of drug-likeness (QED) is 0.665. The average molecular weight is 343 g/mol.